The first-order valence-corrected chi connectivity index (χ1v) is 22.1. The summed E-state index contributed by atoms with van der Waals surface area (Å²) in [5.74, 6) is 2.27. The van der Waals surface area contributed by atoms with E-state index in [-0.39, 0.29) is 34.1 Å². The number of likely N-dealkylation sites (tertiary alicyclic amines) is 2. The fourth-order valence-electron chi connectivity index (χ4n) is 6.76. The van der Waals surface area contributed by atoms with Crippen LogP contribution in [0.3, 0.4) is 0 Å². The Bertz CT molecular complexity index is 2450. The van der Waals surface area contributed by atoms with E-state index in [4.69, 9.17) is 44.3 Å². The molecular weight excluding hydrogens is 919 g/mol. The molecule has 0 aliphatic carbocycles. The summed E-state index contributed by atoms with van der Waals surface area (Å²) < 4.78 is 37.2. The number of ether oxygens (including phenoxy) is 2. The lowest BCUT2D eigenvalue weighted by Gasteiger charge is -2.24. The van der Waals surface area contributed by atoms with Gasteiger partial charge >= 0.3 is 6.09 Å². The second-order valence-corrected chi connectivity index (χ2v) is 17.4. The number of hydrogen-bond acceptors (Lipinski definition) is 15. The van der Waals surface area contributed by atoms with Crippen LogP contribution in [0.2, 0.25) is 15.2 Å². The van der Waals surface area contributed by atoms with E-state index in [2.05, 4.69) is 63.1 Å². The molecule has 22 heteroatoms. The molecule has 8 rings (SSSR count). The van der Waals surface area contributed by atoms with E-state index in [0.717, 1.165) is 38.2 Å². The SMILES string of the molecule is C=CC(=O)N1CCC(Nc2cc(Oc3ccc(F)c(Cl)c3)ncn2)C1.CC(C)(C)OC(=O)N1CCC(Nc2cc(Cl)ncn2)C1.Fc1ccc(Nc2cc(NC3CCNC3)ncn2)cc1Cl. The molecule has 350 valence electrons. The van der Waals surface area contributed by atoms with Crippen LogP contribution in [0.1, 0.15) is 40.0 Å². The zero-order valence-corrected chi connectivity index (χ0v) is 38.7. The van der Waals surface area contributed by atoms with Gasteiger partial charge in [0.1, 0.15) is 70.4 Å². The van der Waals surface area contributed by atoms with Gasteiger partial charge in [0.15, 0.2) is 0 Å². The molecule has 2 aromatic carbocycles. The minimum absolute atomic E-state index is 0.0252. The molecule has 5 N–H and O–H groups in total. The van der Waals surface area contributed by atoms with Crippen LogP contribution in [0, 0.1) is 11.6 Å². The van der Waals surface area contributed by atoms with Crippen molar-refractivity contribution < 1.29 is 27.8 Å². The quantitative estimate of drug-likeness (QED) is 0.0623. The van der Waals surface area contributed by atoms with Gasteiger partial charge in [-0.1, -0.05) is 41.4 Å². The van der Waals surface area contributed by atoms with Gasteiger partial charge in [0.25, 0.3) is 0 Å². The Labute approximate surface area is 396 Å². The fourth-order valence-corrected chi connectivity index (χ4v) is 7.26. The van der Waals surface area contributed by atoms with Crippen LogP contribution in [-0.4, -0.2) is 115 Å². The highest BCUT2D eigenvalue weighted by atomic mass is 35.5. The number of rotatable bonds is 11. The summed E-state index contributed by atoms with van der Waals surface area (Å²) in [4.78, 5) is 51.4. The van der Waals surface area contributed by atoms with E-state index in [1.54, 1.807) is 28.0 Å². The molecule has 0 saturated carbocycles. The predicted molar refractivity (Wildman–Crippen MR) is 251 cm³/mol. The van der Waals surface area contributed by atoms with Crippen LogP contribution in [0.5, 0.6) is 11.6 Å². The summed E-state index contributed by atoms with van der Waals surface area (Å²) in [5, 5.41) is 16.7. The fraction of sp³-hybridized carbons (Fsp3) is 0.364. The summed E-state index contributed by atoms with van der Waals surface area (Å²) in [7, 11) is 0. The van der Waals surface area contributed by atoms with Gasteiger partial charge in [0, 0.05) is 80.8 Å². The van der Waals surface area contributed by atoms with Crippen molar-refractivity contribution in [1.29, 1.82) is 0 Å². The maximum Gasteiger partial charge on any atom is 0.410 e. The molecule has 6 heterocycles. The van der Waals surface area contributed by atoms with E-state index in [0.29, 0.717) is 72.1 Å². The third kappa shape index (κ3) is 15.5. The van der Waals surface area contributed by atoms with E-state index in [1.165, 1.54) is 55.4 Å². The van der Waals surface area contributed by atoms with Crippen molar-refractivity contribution in [3.8, 4) is 11.6 Å². The van der Waals surface area contributed by atoms with Crippen molar-refractivity contribution in [2.75, 3.05) is 60.5 Å². The van der Waals surface area contributed by atoms with Crippen LogP contribution in [0.25, 0.3) is 0 Å². The summed E-state index contributed by atoms with van der Waals surface area (Å²) in [6, 6.07) is 14.2. The normalized spacial score (nSPS) is 17.7. The number of aromatic nitrogens is 6. The first-order chi connectivity index (χ1) is 31.6. The molecular formula is C44H50Cl3F2N13O4. The highest BCUT2D eigenvalue weighted by molar-refractivity contribution is 6.31. The van der Waals surface area contributed by atoms with E-state index >= 15 is 0 Å². The van der Waals surface area contributed by atoms with Crippen LogP contribution < -0.4 is 31.3 Å². The topological polar surface area (TPSA) is 197 Å². The van der Waals surface area contributed by atoms with Gasteiger partial charge in [0.2, 0.25) is 11.8 Å². The number of anilines is 5. The van der Waals surface area contributed by atoms with Gasteiger partial charge in [0.05, 0.1) is 10.0 Å². The minimum atomic E-state index is -0.515. The number of benzene rings is 2. The van der Waals surface area contributed by atoms with Gasteiger partial charge in [-0.2, -0.15) is 0 Å². The molecule has 3 unspecified atom stereocenters. The lowest BCUT2D eigenvalue weighted by molar-refractivity contribution is -0.125. The molecule has 3 aliphatic heterocycles. The Kier molecular flexibility index (Phi) is 17.4. The third-order valence-electron chi connectivity index (χ3n) is 9.88. The maximum absolute atomic E-state index is 13.2. The molecule has 66 heavy (non-hydrogen) atoms. The highest BCUT2D eigenvalue weighted by Gasteiger charge is 2.30. The van der Waals surface area contributed by atoms with Crippen molar-refractivity contribution in [2.45, 2.75) is 63.8 Å². The zero-order chi connectivity index (χ0) is 47.2. The standard InChI is InChI=1S/C17H16ClFN4O2.C14H15ClFN5.C13H19ClN4O2/c1-2-17(24)23-6-5-11(9-23)22-15-8-16(21-10-20-15)25-12-3-4-14(19)13(18)7-12;15-11-5-9(1-2-12(11)16)20-13-6-14(19-8-18-13)21-10-3-4-17-7-10;1-13(2,3)20-12(19)18-5-4-9(7-18)17-11-6-10(14)15-8-16-11/h2-4,7-8,10-11H,1,5-6,9H2,(H,20,21,22);1-2,5-6,8,10,17H,3-4,7H2,(H2,18,19,20,21);6,8-9H,4-5,7H2,1-3H3,(H,15,16,17). The van der Waals surface area contributed by atoms with Gasteiger partial charge in [-0.15, -0.1) is 0 Å². The molecule has 3 saturated heterocycles. The highest BCUT2D eigenvalue weighted by Crippen LogP contribution is 2.27. The first-order valence-electron chi connectivity index (χ1n) is 21.0. The number of nitrogens with zero attached hydrogens (tertiary/aromatic N) is 8. The molecule has 0 bridgehead atoms. The average molecular weight is 969 g/mol. The van der Waals surface area contributed by atoms with Gasteiger partial charge < -0.3 is 45.9 Å². The molecule has 2 amide bonds. The summed E-state index contributed by atoms with van der Waals surface area (Å²) in [5.41, 5.74) is 0.205. The summed E-state index contributed by atoms with van der Waals surface area (Å²) >= 11 is 17.3. The Morgan fingerprint density at radius 2 is 1.33 bits per heavy atom. The smallest absolute Gasteiger partial charge is 0.410 e. The number of nitrogens with one attached hydrogen (secondary N) is 5. The van der Waals surface area contributed by atoms with Crippen molar-refractivity contribution in [2.24, 2.45) is 0 Å². The zero-order valence-electron chi connectivity index (χ0n) is 36.4. The second-order valence-electron chi connectivity index (χ2n) is 16.2. The Hall–Kier alpha value is -6.15. The third-order valence-corrected chi connectivity index (χ3v) is 10.7. The number of halogens is 5. The second kappa shape index (κ2) is 23.3. The largest absolute Gasteiger partial charge is 0.444 e. The van der Waals surface area contributed by atoms with Gasteiger partial charge in [-0.05, 0) is 83.0 Å². The van der Waals surface area contributed by atoms with Crippen LogP contribution >= 0.6 is 34.8 Å². The van der Waals surface area contributed by atoms with Crippen LogP contribution in [-0.2, 0) is 9.53 Å². The Balaban J connectivity index is 0.000000165. The van der Waals surface area contributed by atoms with Gasteiger partial charge in [-0.25, -0.2) is 43.5 Å². The lowest BCUT2D eigenvalue weighted by atomic mass is 10.2. The van der Waals surface area contributed by atoms with Crippen LogP contribution in [0.4, 0.5) is 42.5 Å². The molecule has 3 fully saturated rings. The van der Waals surface area contributed by atoms with E-state index in [9.17, 15) is 18.4 Å². The van der Waals surface area contributed by atoms with Crippen molar-refractivity contribution in [3.05, 3.63) is 113 Å². The van der Waals surface area contributed by atoms with E-state index in [1.807, 2.05) is 26.8 Å². The Morgan fingerprint density at radius 3 is 1.97 bits per heavy atom. The average Bonchev–Trinajstić information content (AvgIpc) is 4.08. The first kappa shape index (κ1) is 49.3. The maximum atomic E-state index is 13.2. The molecule has 3 aromatic heterocycles. The minimum Gasteiger partial charge on any atom is -0.444 e. The number of carbonyl (C=O) groups excluding carboxylic acids is 2. The number of carbonyl (C=O) groups is 2. The van der Waals surface area contributed by atoms with E-state index < -0.39 is 17.2 Å². The monoisotopic (exact) mass is 967 g/mol. The predicted octanol–water partition coefficient (Wildman–Crippen LogP) is 8.60. The number of hydrogen-bond donors (Lipinski definition) is 5. The summed E-state index contributed by atoms with van der Waals surface area (Å²) in [6.07, 6.45) is 8.03. The van der Waals surface area contributed by atoms with Crippen LogP contribution in [0.15, 0.2) is 86.2 Å². The summed E-state index contributed by atoms with van der Waals surface area (Å²) in [6.45, 7) is 13.5. The molecule has 0 spiro atoms. The Morgan fingerprint density at radius 1 is 0.742 bits per heavy atom. The molecule has 17 nitrogen and oxygen atoms in total. The number of amides is 2. The van der Waals surface area contributed by atoms with Gasteiger partial charge in [-0.3, -0.25) is 4.79 Å². The van der Waals surface area contributed by atoms with Crippen molar-refractivity contribution in [3.63, 3.8) is 0 Å². The molecule has 3 aliphatic rings. The van der Waals surface area contributed by atoms with Crippen molar-refractivity contribution in [1.82, 2.24) is 45.0 Å². The molecule has 5 aromatic rings. The molecule has 0 radical (unpaired) electrons. The lowest BCUT2D eigenvalue weighted by Crippen LogP contribution is -2.36. The molecule has 3 atom stereocenters. The van der Waals surface area contributed by atoms with Crippen molar-refractivity contribution >= 4 is 75.8 Å².